The molecule has 1 rings (SSSR count). The second-order valence-corrected chi connectivity index (χ2v) is 4.25. The Labute approximate surface area is 98.3 Å². The van der Waals surface area contributed by atoms with E-state index in [-0.39, 0.29) is 5.78 Å². The van der Waals surface area contributed by atoms with E-state index in [0.717, 1.165) is 17.3 Å². The lowest BCUT2D eigenvalue weighted by Gasteiger charge is -2.04. The number of unbranched alkanes of at least 4 members (excludes halogenated alkanes) is 1. The highest BCUT2D eigenvalue weighted by Crippen LogP contribution is 2.20. The predicted molar refractivity (Wildman–Crippen MR) is 66.9 cm³/mol. The fourth-order valence-electron chi connectivity index (χ4n) is 1.31. The van der Waals surface area contributed by atoms with Crippen molar-refractivity contribution in [1.82, 2.24) is 0 Å². The van der Waals surface area contributed by atoms with E-state index in [1.165, 1.54) is 0 Å². The van der Waals surface area contributed by atoms with Gasteiger partial charge in [0, 0.05) is 22.1 Å². The molecule has 0 aromatic heterocycles. The van der Waals surface area contributed by atoms with Gasteiger partial charge >= 0.3 is 0 Å². The second-order valence-electron chi connectivity index (χ2n) is 3.34. The highest BCUT2D eigenvalue weighted by molar-refractivity contribution is 9.10. The largest absolute Gasteiger partial charge is 0.398 e. The molecule has 1 aromatic rings. The topological polar surface area (TPSA) is 43.1 Å². The summed E-state index contributed by atoms with van der Waals surface area (Å²) in [5.41, 5.74) is 6.88. The van der Waals surface area contributed by atoms with Crippen LogP contribution < -0.4 is 5.73 Å². The fraction of sp³-hybridized carbons (Fsp3) is 0.250. The Morgan fingerprint density at radius 1 is 1.53 bits per heavy atom. The number of carbonyl (C=O) groups excluding carboxylic acids is 1. The first-order valence-electron chi connectivity index (χ1n) is 4.84. The van der Waals surface area contributed by atoms with Crippen LogP contribution in [0.2, 0.25) is 0 Å². The Kier molecular flexibility index (Phi) is 4.56. The van der Waals surface area contributed by atoms with Gasteiger partial charge in [-0.05, 0) is 31.0 Å². The van der Waals surface area contributed by atoms with E-state index < -0.39 is 0 Å². The number of nitrogen functional groups attached to an aromatic ring is 1. The summed E-state index contributed by atoms with van der Waals surface area (Å²) < 4.78 is 0.878. The average molecular weight is 268 g/mol. The molecule has 2 nitrogen and oxygen atoms in total. The molecular weight excluding hydrogens is 254 g/mol. The smallest absolute Gasteiger partial charge is 0.164 e. The minimum atomic E-state index is 0.0932. The number of hydrogen-bond donors (Lipinski definition) is 1. The molecule has 3 heteroatoms. The van der Waals surface area contributed by atoms with Crippen molar-refractivity contribution in [2.75, 3.05) is 5.73 Å². The van der Waals surface area contributed by atoms with Crippen LogP contribution in [0.1, 0.15) is 29.6 Å². The molecule has 0 atom stereocenters. The Bertz CT molecular complexity index is 374. The van der Waals surface area contributed by atoms with E-state index in [1.807, 2.05) is 12.1 Å². The zero-order valence-electron chi connectivity index (χ0n) is 8.50. The molecule has 0 unspecified atom stereocenters. The zero-order chi connectivity index (χ0) is 11.3. The summed E-state index contributed by atoms with van der Waals surface area (Å²) in [5, 5.41) is 0. The molecular formula is C12H14BrNO. The maximum absolute atomic E-state index is 11.8. The first-order valence-corrected chi connectivity index (χ1v) is 5.63. The van der Waals surface area contributed by atoms with E-state index in [0.29, 0.717) is 17.7 Å². The molecule has 0 aliphatic heterocycles. The molecule has 0 fully saturated rings. The average Bonchev–Trinajstić information content (AvgIpc) is 2.22. The van der Waals surface area contributed by atoms with Gasteiger partial charge in [0.1, 0.15) is 0 Å². The van der Waals surface area contributed by atoms with Crippen molar-refractivity contribution in [2.24, 2.45) is 0 Å². The van der Waals surface area contributed by atoms with Gasteiger partial charge in [-0.3, -0.25) is 4.79 Å². The van der Waals surface area contributed by atoms with Gasteiger partial charge in [-0.2, -0.15) is 0 Å². The third-order valence-corrected chi connectivity index (χ3v) is 2.62. The Hall–Kier alpha value is -1.09. The number of allylic oxidation sites excluding steroid dienone is 1. The summed E-state index contributed by atoms with van der Waals surface area (Å²) in [6.07, 6.45) is 4.03. The molecule has 0 bridgehead atoms. The van der Waals surface area contributed by atoms with Gasteiger partial charge in [-0.15, -0.1) is 6.58 Å². The first kappa shape index (κ1) is 12.0. The summed E-state index contributed by atoms with van der Waals surface area (Å²) in [6, 6.07) is 5.34. The molecule has 0 spiro atoms. The van der Waals surface area contributed by atoms with Crippen LogP contribution in [0.5, 0.6) is 0 Å². The minimum Gasteiger partial charge on any atom is -0.398 e. The monoisotopic (exact) mass is 267 g/mol. The van der Waals surface area contributed by atoms with E-state index in [2.05, 4.69) is 22.5 Å². The SMILES string of the molecule is C=CCCCC(=O)c1cc(Br)ccc1N. The molecule has 0 radical (unpaired) electrons. The summed E-state index contributed by atoms with van der Waals surface area (Å²) in [5.74, 6) is 0.0932. The second kappa shape index (κ2) is 5.71. The van der Waals surface area contributed by atoms with Crippen LogP contribution in [0.4, 0.5) is 5.69 Å². The molecule has 0 heterocycles. The van der Waals surface area contributed by atoms with Gasteiger partial charge < -0.3 is 5.73 Å². The van der Waals surface area contributed by atoms with E-state index in [4.69, 9.17) is 5.73 Å². The summed E-state index contributed by atoms with van der Waals surface area (Å²) in [4.78, 5) is 11.8. The number of anilines is 1. The summed E-state index contributed by atoms with van der Waals surface area (Å²) in [7, 11) is 0. The van der Waals surface area contributed by atoms with Crippen LogP contribution in [-0.4, -0.2) is 5.78 Å². The van der Waals surface area contributed by atoms with Crippen molar-refractivity contribution in [3.8, 4) is 0 Å². The van der Waals surface area contributed by atoms with Gasteiger partial charge in [-0.25, -0.2) is 0 Å². The van der Waals surface area contributed by atoms with Gasteiger partial charge in [0.25, 0.3) is 0 Å². The molecule has 0 saturated carbocycles. The van der Waals surface area contributed by atoms with Crippen molar-refractivity contribution in [2.45, 2.75) is 19.3 Å². The predicted octanol–water partition coefficient (Wildman–Crippen LogP) is 3.57. The third kappa shape index (κ3) is 3.51. The first-order chi connectivity index (χ1) is 7.15. The summed E-state index contributed by atoms with van der Waals surface area (Å²) >= 11 is 3.32. The maximum atomic E-state index is 11.8. The lowest BCUT2D eigenvalue weighted by Crippen LogP contribution is -2.03. The van der Waals surface area contributed by atoms with Gasteiger partial charge in [0.2, 0.25) is 0 Å². The maximum Gasteiger partial charge on any atom is 0.164 e. The zero-order valence-corrected chi connectivity index (χ0v) is 10.1. The molecule has 2 N–H and O–H groups in total. The molecule has 0 aliphatic rings. The Morgan fingerprint density at radius 3 is 2.93 bits per heavy atom. The number of Topliss-reactive ketones (excluding diaryl/α,β-unsaturated/α-hetero) is 1. The minimum absolute atomic E-state index is 0.0932. The Balaban J connectivity index is 2.72. The lowest BCUT2D eigenvalue weighted by molar-refractivity contribution is 0.0981. The van der Waals surface area contributed by atoms with Crippen molar-refractivity contribution < 1.29 is 4.79 Å². The fourth-order valence-corrected chi connectivity index (χ4v) is 1.67. The molecule has 0 saturated heterocycles. The van der Waals surface area contributed by atoms with Gasteiger partial charge in [0.05, 0.1) is 0 Å². The number of ketones is 1. The van der Waals surface area contributed by atoms with Crippen molar-refractivity contribution in [3.63, 3.8) is 0 Å². The molecule has 80 valence electrons. The van der Waals surface area contributed by atoms with E-state index >= 15 is 0 Å². The van der Waals surface area contributed by atoms with Crippen LogP contribution in [0.25, 0.3) is 0 Å². The van der Waals surface area contributed by atoms with Gasteiger partial charge in [-0.1, -0.05) is 22.0 Å². The normalized spacial score (nSPS) is 9.93. The van der Waals surface area contributed by atoms with Crippen LogP contribution in [0.15, 0.2) is 35.3 Å². The molecule has 15 heavy (non-hydrogen) atoms. The number of benzene rings is 1. The number of rotatable bonds is 5. The van der Waals surface area contributed by atoms with E-state index in [9.17, 15) is 4.79 Å². The number of nitrogens with two attached hydrogens (primary N) is 1. The standard InChI is InChI=1S/C12H14BrNO/c1-2-3-4-5-12(15)10-8-9(13)6-7-11(10)14/h2,6-8H,1,3-5,14H2. The van der Waals surface area contributed by atoms with Crippen molar-refractivity contribution in [1.29, 1.82) is 0 Å². The highest BCUT2D eigenvalue weighted by Gasteiger charge is 2.09. The van der Waals surface area contributed by atoms with Crippen LogP contribution in [-0.2, 0) is 0 Å². The molecule has 0 aliphatic carbocycles. The molecule has 1 aromatic carbocycles. The van der Waals surface area contributed by atoms with Crippen molar-refractivity contribution >= 4 is 27.4 Å². The lowest BCUT2D eigenvalue weighted by atomic mass is 10.0. The van der Waals surface area contributed by atoms with Gasteiger partial charge in [0.15, 0.2) is 5.78 Å². The number of hydrogen-bond acceptors (Lipinski definition) is 2. The van der Waals surface area contributed by atoms with E-state index in [1.54, 1.807) is 12.1 Å². The van der Waals surface area contributed by atoms with Crippen molar-refractivity contribution in [3.05, 3.63) is 40.9 Å². The number of carbonyl (C=O) groups is 1. The third-order valence-electron chi connectivity index (χ3n) is 2.13. The van der Waals surface area contributed by atoms with Crippen LogP contribution >= 0.6 is 15.9 Å². The quantitative estimate of drug-likeness (QED) is 0.384. The highest BCUT2D eigenvalue weighted by atomic mass is 79.9. The van der Waals surface area contributed by atoms with Crippen LogP contribution in [0.3, 0.4) is 0 Å². The van der Waals surface area contributed by atoms with Crippen LogP contribution in [0, 0.1) is 0 Å². The number of halogens is 1. The summed E-state index contributed by atoms with van der Waals surface area (Å²) in [6.45, 7) is 3.62. The molecule has 0 amide bonds. The Morgan fingerprint density at radius 2 is 2.27 bits per heavy atom.